The molecule has 1 aliphatic heterocycles. The first-order valence-corrected chi connectivity index (χ1v) is 7.87. The SMILES string of the molecule is CC1OC(C)C(C(Br)c2ccc(F)c(Br)c2)C1C. The van der Waals surface area contributed by atoms with Gasteiger partial charge in [-0.2, -0.15) is 0 Å². The third-order valence-corrected chi connectivity index (χ3v) is 5.67. The van der Waals surface area contributed by atoms with Crippen molar-refractivity contribution in [3.63, 3.8) is 0 Å². The average Bonchev–Trinajstić information content (AvgIpc) is 2.56. The number of ether oxygens (including phenoxy) is 1. The van der Waals surface area contributed by atoms with Gasteiger partial charge >= 0.3 is 0 Å². The first kappa shape index (κ1) is 14.5. The molecule has 0 aliphatic carbocycles. The molecular weight excluding hydrogens is 363 g/mol. The molecule has 1 aliphatic rings. The fraction of sp³-hybridized carbons (Fsp3) is 0.571. The van der Waals surface area contributed by atoms with Crippen molar-refractivity contribution in [1.82, 2.24) is 0 Å². The Morgan fingerprint density at radius 1 is 1.22 bits per heavy atom. The summed E-state index contributed by atoms with van der Waals surface area (Å²) in [5.41, 5.74) is 1.09. The topological polar surface area (TPSA) is 9.23 Å². The zero-order valence-corrected chi connectivity index (χ0v) is 13.8. The van der Waals surface area contributed by atoms with Gasteiger partial charge in [-0.05, 0) is 53.4 Å². The molecule has 0 amide bonds. The lowest BCUT2D eigenvalue weighted by Gasteiger charge is -2.25. The molecule has 0 bridgehead atoms. The van der Waals surface area contributed by atoms with Gasteiger partial charge in [0.15, 0.2) is 0 Å². The number of halogens is 3. The van der Waals surface area contributed by atoms with E-state index in [0.717, 1.165) is 5.56 Å². The maximum atomic E-state index is 13.3. The lowest BCUT2D eigenvalue weighted by molar-refractivity contribution is 0.0511. The van der Waals surface area contributed by atoms with E-state index in [4.69, 9.17) is 4.74 Å². The van der Waals surface area contributed by atoms with Crippen molar-refractivity contribution in [2.75, 3.05) is 0 Å². The van der Waals surface area contributed by atoms with Gasteiger partial charge in [-0.3, -0.25) is 0 Å². The minimum Gasteiger partial charge on any atom is -0.375 e. The number of alkyl halides is 1. The fourth-order valence-corrected chi connectivity index (χ4v) is 4.30. The van der Waals surface area contributed by atoms with Crippen LogP contribution in [0.4, 0.5) is 4.39 Å². The van der Waals surface area contributed by atoms with Gasteiger partial charge in [0.25, 0.3) is 0 Å². The van der Waals surface area contributed by atoms with E-state index < -0.39 is 0 Å². The molecular formula is C14H17Br2FO. The molecule has 100 valence electrons. The molecule has 0 radical (unpaired) electrons. The smallest absolute Gasteiger partial charge is 0.137 e. The largest absolute Gasteiger partial charge is 0.375 e. The quantitative estimate of drug-likeness (QED) is 0.650. The van der Waals surface area contributed by atoms with Crippen LogP contribution in [-0.2, 0) is 4.74 Å². The zero-order valence-electron chi connectivity index (χ0n) is 10.7. The van der Waals surface area contributed by atoms with E-state index in [2.05, 4.69) is 52.6 Å². The number of hydrogen-bond acceptors (Lipinski definition) is 1. The molecule has 0 aromatic heterocycles. The fourth-order valence-electron chi connectivity index (χ4n) is 2.70. The molecule has 0 spiro atoms. The molecule has 18 heavy (non-hydrogen) atoms. The van der Waals surface area contributed by atoms with Gasteiger partial charge in [-0.15, -0.1) is 0 Å². The molecule has 5 atom stereocenters. The van der Waals surface area contributed by atoms with Crippen molar-refractivity contribution in [2.45, 2.75) is 37.8 Å². The van der Waals surface area contributed by atoms with Crippen LogP contribution in [0.2, 0.25) is 0 Å². The standard InChI is InChI=1S/C14H17Br2FO/c1-7-8(2)18-9(3)13(7)14(16)10-4-5-12(17)11(15)6-10/h4-9,13-14H,1-3H3. The monoisotopic (exact) mass is 378 g/mol. The Kier molecular flexibility index (Phi) is 4.50. The van der Waals surface area contributed by atoms with Gasteiger partial charge in [0.2, 0.25) is 0 Å². The van der Waals surface area contributed by atoms with Crippen LogP contribution in [0.1, 0.15) is 31.2 Å². The Morgan fingerprint density at radius 3 is 2.39 bits per heavy atom. The second-order valence-electron chi connectivity index (χ2n) is 5.06. The molecule has 1 heterocycles. The minimum absolute atomic E-state index is 0.185. The molecule has 2 rings (SSSR count). The Hall–Kier alpha value is 0.0700. The van der Waals surface area contributed by atoms with Crippen molar-refractivity contribution < 1.29 is 9.13 Å². The van der Waals surface area contributed by atoms with E-state index in [1.54, 1.807) is 0 Å². The molecule has 0 saturated carbocycles. The summed E-state index contributed by atoms with van der Waals surface area (Å²) in [6.45, 7) is 6.44. The first-order valence-electron chi connectivity index (χ1n) is 6.16. The van der Waals surface area contributed by atoms with Crippen LogP contribution in [0.5, 0.6) is 0 Å². The Labute approximate surface area is 124 Å². The van der Waals surface area contributed by atoms with Crippen LogP contribution < -0.4 is 0 Å². The highest BCUT2D eigenvalue weighted by Crippen LogP contribution is 2.45. The number of hydrogen-bond donors (Lipinski definition) is 0. The van der Waals surface area contributed by atoms with E-state index in [-0.39, 0.29) is 22.9 Å². The van der Waals surface area contributed by atoms with Crippen LogP contribution in [0.25, 0.3) is 0 Å². The highest BCUT2D eigenvalue weighted by molar-refractivity contribution is 9.10. The summed E-state index contributed by atoms with van der Waals surface area (Å²) in [6, 6.07) is 5.18. The average molecular weight is 380 g/mol. The number of rotatable bonds is 2. The van der Waals surface area contributed by atoms with Gasteiger partial charge in [0.1, 0.15) is 5.82 Å². The third kappa shape index (κ3) is 2.66. The van der Waals surface area contributed by atoms with Crippen molar-refractivity contribution in [1.29, 1.82) is 0 Å². The summed E-state index contributed by atoms with van der Waals surface area (Å²) in [5, 5.41) is 0. The van der Waals surface area contributed by atoms with Gasteiger partial charge < -0.3 is 4.74 Å². The van der Waals surface area contributed by atoms with Crippen LogP contribution in [0.15, 0.2) is 22.7 Å². The normalized spacial score (nSPS) is 33.7. The Morgan fingerprint density at radius 2 is 1.89 bits per heavy atom. The summed E-state index contributed by atoms with van der Waals surface area (Å²) in [4.78, 5) is 0.185. The molecule has 1 nitrogen and oxygen atoms in total. The zero-order chi connectivity index (χ0) is 13.4. The lowest BCUT2D eigenvalue weighted by atomic mass is 9.84. The van der Waals surface area contributed by atoms with Crippen molar-refractivity contribution in [2.24, 2.45) is 11.8 Å². The van der Waals surface area contributed by atoms with Crippen molar-refractivity contribution in [3.05, 3.63) is 34.1 Å². The van der Waals surface area contributed by atoms with E-state index in [9.17, 15) is 4.39 Å². The minimum atomic E-state index is -0.226. The van der Waals surface area contributed by atoms with E-state index in [1.807, 2.05) is 12.1 Å². The second-order valence-corrected chi connectivity index (χ2v) is 6.90. The third-order valence-electron chi connectivity index (χ3n) is 3.92. The molecule has 4 heteroatoms. The molecule has 1 fully saturated rings. The van der Waals surface area contributed by atoms with Gasteiger partial charge in [-0.1, -0.05) is 28.9 Å². The van der Waals surface area contributed by atoms with E-state index >= 15 is 0 Å². The van der Waals surface area contributed by atoms with E-state index in [1.165, 1.54) is 6.07 Å². The van der Waals surface area contributed by atoms with Crippen LogP contribution in [0, 0.1) is 17.7 Å². The molecule has 1 aromatic carbocycles. The van der Waals surface area contributed by atoms with E-state index in [0.29, 0.717) is 16.3 Å². The molecule has 1 aromatic rings. The van der Waals surface area contributed by atoms with Gasteiger partial charge in [-0.25, -0.2) is 4.39 Å². The van der Waals surface area contributed by atoms with Crippen LogP contribution >= 0.6 is 31.9 Å². The van der Waals surface area contributed by atoms with Crippen molar-refractivity contribution in [3.8, 4) is 0 Å². The predicted molar refractivity (Wildman–Crippen MR) is 78.4 cm³/mol. The summed E-state index contributed by atoms with van der Waals surface area (Å²) in [7, 11) is 0. The lowest BCUT2D eigenvalue weighted by Crippen LogP contribution is -2.21. The Balaban J connectivity index is 2.25. The highest BCUT2D eigenvalue weighted by atomic mass is 79.9. The number of benzene rings is 1. The summed E-state index contributed by atoms with van der Waals surface area (Å²) in [5.74, 6) is 0.654. The van der Waals surface area contributed by atoms with Crippen LogP contribution in [-0.4, -0.2) is 12.2 Å². The first-order chi connectivity index (χ1) is 8.41. The highest BCUT2D eigenvalue weighted by Gasteiger charge is 2.41. The second kappa shape index (κ2) is 5.59. The van der Waals surface area contributed by atoms with Gasteiger partial charge in [0.05, 0.1) is 16.7 Å². The van der Waals surface area contributed by atoms with Crippen LogP contribution in [0.3, 0.4) is 0 Å². The maximum absolute atomic E-state index is 13.3. The maximum Gasteiger partial charge on any atom is 0.137 e. The Bertz CT molecular complexity index is 438. The van der Waals surface area contributed by atoms with Gasteiger partial charge in [0, 0.05) is 10.7 Å². The molecule has 1 saturated heterocycles. The molecule has 0 N–H and O–H groups in total. The molecule has 5 unspecified atom stereocenters. The van der Waals surface area contributed by atoms with Crippen molar-refractivity contribution >= 4 is 31.9 Å². The summed E-state index contributed by atoms with van der Waals surface area (Å²) in [6.07, 6.45) is 0.483. The summed E-state index contributed by atoms with van der Waals surface area (Å²) < 4.78 is 19.6. The summed E-state index contributed by atoms with van der Waals surface area (Å²) >= 11 is 6.99. The predicted octanol–water partition coefficient (Wildman–Crippen LogP) is 5.08.